The average molecular weight is 270 g/mol. The van der Waals surface area contributed by atoms with Crippen molar-refractivity contribution in [3.05, 3.63) is 0 Å². The summed E-state index contributed by atoms with van der Waals surface area (Å²) in [5.74, 6) is -0.127. The molecular weight excluding hydrogens is 244 g/mol. The van der Waals surface area contributed by atoms with Crippen LogP contribution in [0.15, 0.2) is 0 Å². The van der Waals surface area contributed by atoms with Gasteiger partial charge in [-0.1, -0.05) is 19.3 Å². The summed E-state index contributed by atoms with van der Waals surface area (Å²) in [5.41, 5.74) is -0.497. The summed E-state index contributed by atoms with van der Waals surface area (Å²) in [6.45, 7) is 5.94. The van der Waals surface area contributed by atoms with Gasteiger partial charge < -0.3 is 9.47 Å². The zero-order valence-electron chi connectivity index (χ0n) is 12.4. The normalized spacial score (nSPS) is 17.0. The van der Waals surface area contributed by atoms with E-state index in [1.54, 1.807) is 0 Å². The number of ether oxygens (including phenoxy) is 2. The van der Waals surface area contributed by atoms with Gasteiger partial charge in [0.15, 0.2) is 0 Å². The van der Waals surface area contributed by atoms with Gasteiger partial charge in [-0.2, -0.15) is 0 Å². The summed E-state index contributed by atoms with van der Waals surface area (Å²) in [7, 11) is 0. The molecule has 1 fully saturated rings. The lowest BCUT2D eigenvalue weighted by Crippen LogP contribution is -2.24. The molecule has 0 bridgehead atoms. The number of rotatable bonds is 5. The van der Waals surface area contributed by atoms with Crippen LogP contribution in [0.5, 0.6) is 0 Å². The Kier molecular flexibility index (Phi) is 6.32. The number of carbonyl (C=O) groups excluding carboxylic acids is 2. The van der Waals surface area contributed by atoms with Crippen LogP contribution < -0.4 is 0 Å². The van der Waals surface area contributed by atoms with E-state index >= 15 is 0 Å². The van der Waals surface area contributed by atoms with Crippen LogP contribution in [0.2, 0.25) is 0 Å². The van der Waals surface area contributed by atoms with Gasteiger partial charge in [0, 0.05) is 0 Å². The molecule has 0 heterocycles. The fourth-order valence-electron chi connectivity index (χ4n) is 2.23. The first-order valence-electron chi connectivity index (χ1n) is 7.24. The Balaban J connectivity index is 2.12. The molecule has 0 aliphatic heterocycles. The van der Waals surface area contributed by atoms with E-state index in [1.807, 2.05) is 20.8 Å². The molecule has 110 valence electrons. The molecule has 19 heavy (non-hydrogen) atoms. The van der Waals surface area contributed by atoms with E-state index in [2.05, 4.69) is 0 Å². The quantitative estimate of drug-likeness (QED) is 0.720. The second-order valence-corrected chi connectivity index (χ2v) is 6.27. The molecule has 1 aliphatic carbocycles. The third kappa shape index (κ3) is 7.85. The Hall–Kier alpha value is -1.06. The lowest BCUT2D eigenvalue weighted by Gasteiger charge is -2.21. The van der Waals surface area contributed by atoms with Crippen LogP contribution in [0.25, 0.3) is 0 Å². The summed E-state index contributed by atoms with van der Waals surface area (Å²) in [6, 6.07) is 0. The van der Waals surface area contributed by atoms with Crippen LogP contribution in [-0.4, -0.2) is 24.1 Å². The van der Waals surface area contributed by atoms with E-state index in [1.165, 1.54) is 19.3 Å². The van der Waals surface area contributed by atoms with E-state index in [0.717, 1.165) is 12.8 Å². The van der Waals surface area contributed by atoms with Crippen molar-refractivity contribution >= 4 is 11.9 Å². The third-order valence-electron chi connectivity index (χ3n) is 3.16. The highest BCUT2D eigenvalue weighted by molar-refractivity contribution is 5.77. The van der Waals surface area contributed by atoms with Gasteiger partial charge in [-0.15, -0.1) is 0 Å². The maximum Gasteiger partial charge on any atom is 0.306 e. The van der Waals surface area contributed by atoms with Crippen molar-refractivity contribution in [1.82, 2.24) is 0 Å². The minimum absolute atomic E-state index is 0.0980. The molecule has 0 aromatic carbocycles. The lowest BCUT2D eigenvalue weighted by atomic mass is 9.90. The van der Waals surface area contributed by atoms with Crippen molar-refractivity contribution in [1.29, 1.82) is 0 Å². The predicted molar refractivity (Wildman–Crippen MR) is 72.6 cm³/mol. The first-order chi connectivity index (χ1) is 8.87. The molecule has 0 aromatic heterocycles. The van der Waals surface area contributed by atoms with Crippen LogP contribution in [0.1, 0.15) is 65.7 Å². The molecule has 4 nitrogen and oxygen atoms in total. The number of carbonyl (C=O) groups is 2. The average Bonchev–Trinajstić information content (AvgIpc) is 2.33. The molecule has 0 spiro atoms. The molecule has 1 aliphatic rings. The van der Waals surface area contributed by atoms with Crippen LogP contribution in [0, 0.1) is 5.92 Å². The predicted octanol–water partition coefficient (Wildman–Crippen LogP) is 3.23. The van der Waals surface area contributed by atoms with E-state index in [9.17, 15) is 9.59 Å². The van der Waals surface area contributed by atoms with Gasteiger partial charge in [-0.05, 0) is 39.5 Å². The van der Waals surface area contributed by atoms with Crippen LogP contribution in [-0.2, 0) is 19.1 Å². The second kappa shape index (κ2) is 7.51. The van der Waals surface area contributed by atoms with Crippen LogP contribution in [0.4, 0.5) is 0 Å². The lowest BCUT2D eigenvalue weighted by molar-refractivity contribution is -0.158. The summed E-state index contributed by atoms with van der Waals surface area (Å²) < 4.78 is 10.4. The molecular formula is C15H26O4. The zero-order chi connectivity index (χ0) is 14.3. The zero-order valence-corrected chi connectivity index (χ0v) is 12.4. The maximum atomic E-state index is 11.5. The number of hydrogen-bond donors (Lipinski definition) is 0. The Bertz CT molecular complexity index is 298. The van der Waals surface area contributed by atoms with Gasteiger partial charge in [0.1, 0.15) is 5.60 Å². The molecule has 0 N–H and O–H groups in total. The monoisotopic (exact) mass is 270 g/mol. The highest BCUT2D eigenvalue weighted by Crippen LogP contribution is 2.23. The molecule has 0 amide bonds. The highest BCUT2D eigenvalue weighted by atomic mass is 16.6. The smallest absolute Gasteiger partial charge is 0.306 e. The van der Waals surface area contributed by atoms with Gasteiger partial charge in [0.25, 0.3) is 0 Å². The summed E-state index contributed by atoms with van der Waals surface area (Å²) in [6.07, 6.45) is 6.28. The second-order valence-electron chi connectivity index (χ2n) is 6.27. The van der Waals surface area contributed by atoms with Crippen molar-refractivity contribution in [2.45, 2.75) is 71.3 Å². The van der Waals surface area contributed by atoms with Gasteiger partial charge in [-0.3, -0.25) is 9.59 Å². The molecule has 4 heteroatoms. The summed E-state index contributed by atoms with van der Waals surface area (Å²) >= 11 is 0. The highest BCUT2D eigenvalue weighted by Gasteiger charge is 2.19. The Morgan fingerprint density at radius 1 is 1.00 bits per heavy atom. The first kappa shape index (κ1) is 16.0. The Morgan fingerprint density at radius 2 is 1.58 bits per heavy atom. The third-order valence-corrected chi connectivity index (χ3v) is 3.16. The fourth-order valence-corrected chi connectivity index (χ4v) is 2.23. The molecule has 0 unspecified atom stereocenters. The van der Waals surface area contributed by atoms with Crippen molar-refractivity contribution in [3.8, 4) is 0 Å². The topological polar surface area (TPSA) is 52.6 Å². The van der Waals surface area contributed by atoms with Gasteiger partial charge in [-0.25, -0.2) is 0 Å². The molecule has 0 aromatic rings. The summed E-state index contributed by atoms with van der Waals surface area (Å²) in [4.78, 5) is 23.0. The number of esters is 2. The van der Waals surface area contributed by atoms with Crippen molar-refractivity contribution in [2.24, 2.45) is 5.92 Å². The molecule has 0 atom stereocenters. The fraction of sp³-hybridized carbons (Fsp3) is 0.867. The Labute approximate surface area is 115 Å². The van der Waals surface area contributed by atoms with Gasteiger partial charge >= 0.3 is 11.9 Å². The van der Waals surface area contributed by atoms with Gasteiger partial charge in [0.2, 0.25) is 0 Å². The van der Waals surface area contributed by atoms with E-state index in [0.29, 0.717) is 12.5 Å². The minimum atomic E-state index is -0.497. The SMILES string of the molecule is CC(C)(C)OC(=O)CCC(=O)OCC1CCCCC1. The van der Waals surface area contributed by atoms with E-state index in [4.69, 9.17) is 9.47 Å². The molecule has 1 rings (SSSR count). The standard InChI is InChI=1S/C15H26O4/c1-15(2,3)19-14(17)10-9-13(16)18-11-12-7-5-4-6-8-12/h12H,4-11H2,1-3H3. The largest absolute Gasteiger partial charge is 0.465 e. The molecule has 1 saturated carbocycles. The molecule has 0 saturated heterocycles. The Morgan fingerprint density at radius 3 is 2.16 bits per heavy atom. The van der Waals surface area contributed by atoms with Crippen molar-refractivity contribution < 1.29 is 19.1 Å². The van der Waals surface area contributed by atoms with Crippen molar-refractivity contribution in [3.63, 3.8) is 0 Å². The number of hydrogen-bond acceptors (Lipinski definition) is 4. The molecule has 0 radical (unpaired) electrons. The van der Waals surface area contributed by atoms with Gasteiger partial charge in [0.05, 0.1) is 19.4 Å². The van der Waals surface area contributed by atoms with Crippen LogP contribution >= 0.6 is 0 Å². The first-order valence-corrected chi connectivity index (χ1v) is 7.24. The summed E-state index contributed by atoms with van der Waals surface area (Å²) in [5, 5.41) is 0. The van der Waals surface area contributed by atoms with E-state index in [-0.39, 0.29) is 24.8 Å². The van der Waals surface area contributed by atoms with E-state index < -0.39 is 5.60 Å². The van der Waals surface area contributed by atoms with Crippen molar-refractivity contribution in [2.75, 3.05) is 6.61 Å². The maximum absolute atomic E-state index is 11.5. The minimum Gasteiger partial charge on any atom is -0.465 e. The van der Waals surface area contributed by atoms with Crippen LogP contribution in [0.3, 0.4) is 0 Å².